The molecule has 3 nitrogen and oxygen atoms in total. The molecule has 1 fully saturated rings. The average molecular weight is 361 g/mol. The maximum Gasteiger partial charge on any atom is 0.173 e. The zero-order valence-electron chi connectivity index (χ0n) is 12.1. The summed E-state index contributed by atoms with van der Waals surface area (Å²) in [5, 5.41) is 0.327. The van der Waals surface area contributed by atoms with Crippen LogP contribution in [0.1, 0.15) is 23.2 Å². The van der Waals surface area contributed by atoms with Gasteiger partial charge >= 0.3 is 0 Å². The summed E-state index contributed by atoms with van der Waals surface area (Å²) in [5.41, 5.74) is 0.672. The van der Waals surface area contributed by atoms with Crippen LogP contribution in [0.2, 0.25) is 0 Å². The fraction of sp³-hybridized carbons (Fsp3) is 0.278. The highest BCUT2D eigenvalue weighted by Gasteiger charge is 2.21. The van der Waals surface area contributed by atoms with Gasteiger partial charge in [-0.15, -0.1) is 0 Å². The number of rotatable bonds is 7. The second-order valence-corrected chi connectivity index (χ2v) is 5.97. The van der Waals surface area contributed by atoms with Crippen molar-refractivity contribution in [2.24, 2.45) is 5.92 Å². The third-order valence-corrected chi connectivity index (χ3v) is 4.03. The van der Waals surface area contributed by atoms with Crippen LogP contribution in [0, 0.1) is 5.92 Å². The van der Waals surface area contributed by atoms with Gasteiger partial charge in [0.1, 0.15) is 17.2 Å². The molecule has 4 heteroatoms. The number of hydrogen-bond donors (Lipinski definition) is 0. The molecule has 0 aromatic heterocycles. The molecule has 1 aliphatic rings. The molecule has 0 amide bonds. The number of halogens is 1. The zero-order chi connectivity index (χ0) is 15.4. The van der Waals surface area contributed by atoms with Crippen molar-refractivity contribution in [1.29, 1.82) is 0 Å². The minimum atomic E-state index is 0.0574. The lowest BCUT2D eigenvalue weighted by Crippen LogP contribution is -1.99. The second-order valence-electron chi connectivity index (χ2n) is 5.41. The van der Waals surface area contributed by atoms with Crippen LogP contribution in [-0.4, -0.2) is 17.7 Å². The monoisotopic (exact) mass is 360 g/mol. The Kier molecular flexibility index (Phi) is 4.78. The first-order valence-electron chi connectivity index (χ1n) is 7.34. The highest BCUT2D eigenvalue weighted by atomic mass is 79.9. The average Bonchev–Trinajstić information content (AvgIpc) is 3.38. The third kappa shape index (κ3) is 4.10. The molecular weight excluding hydrogens is 344 g/mol. The van der Waals surface area contributed by atoms with Crippen LogP contribution in [0.4, 0.5) is 0 Å². The van der Waals surface area contributed by atoms with E-state index in [1.807, 2.05) is 24.3 Å². The van der Waals surface area contributed by atoms with Crippen LogP contribution >= 0.6 is 15.9 Å². The summed E-state index contributed by atoms with van der Waals surface area (Å²) in [6.45, 7) is 0.785. The molecule has 0 saturated heterocycles. The maximum atomic E-state index is 11.6. The molecule has 3 rings (SSSR count). The van der Waals surface area contributed by atoms with Gasteiger partial charge in [-0.25, -0.2) is 0 Å². The first-order valence-corrected chi connectivity index (χ1v) is 8.46. The molecule has 0 unspecified atom stereocenters. The van der Waals surface area contributed by atoms with Crippen molar-refractivity contribution in [3.63, 3.8) is 0 Å². The number of Topliss-reactive ketones (excluding diaryl/α,β-unsaturated/α-hetero) is 1. The predicted molar refractivity (Wildman–Crippen MR) is 89.3 cm³/mol. The lowest BCUT2D eigenvalue weighted by molar-refractivity contribution is 0.102. The molecule has 1 aliphatic carbocycles. The van der Waals surface area contributed by atoms with E-state index in [9.17, 15) is 4.79 Å². The summed E-state index contributed by atoms with van der Waals surface area (Å²) >= 11 is 3.17. The van der Waals surface area contributed by atoms with E-state index in [1.54, 1.807) is 24.3 Å². The number of ether oxygens (including phenoxy) is 2. The van der Waals surface area contributed by atoms with Gasteiger partial charge in [0.15, 0.2) is 5.78 Å². The van der Waals surface area contributed by atoms with Crippen LogP contribution < -0.4 is 9.47 Å². The van der Waals surface area contributed by atoms with Crippen LogP contribution in [0.25, 0.3) is 0 Å². The highest BCUT2D eigenvalue weighted by Crippen LogP contribution is 2.31. The Morgan fingerprint density at radius 3 is 2.45 bits per heavy atom. The van der Waals surface area contributed by atoms with Gasteiger partial charge in [0, 0.05) is 11.6 Å². The van der Waals surface area contributed by atoms with Crippen molar-refractivity contribution >= 4 is 21.7 Å². The van der Waals surface area contributed by atoms with Crippen molar-refractivity contribution in [1.82, 2.24) is 0 Å². The van der Waals surface area contributed by atoms with Crippen LogP contribution in [0.3, 0.4) is 0 Å². The number of ketones is 1. The normalized spacial score (nSPS) is 13.7. The SMILES string of the molecule is O=C(CBr)c1ccc(Oc2cccc(OCC3CC3)c2)cc1. The lowest BCUT2D eigenvalue weighted by atomic mass is 10.1. The number of alkyl halides is 1. The summed E-state index contributed by atoms with van der Waals surface area (Å²) in [4.78, 5) is 11.6. The van der Waals surface area contributed by atoms with Crippen molar-refractivity contribution in [2.75, 3.05) is 11.9 Å². The van der Waals surface area contributed by atoms with Gasteiger partial charge in [-0.2, -0.15) is 0 Å². The molecule has 0 spiro atoms. The Morgan fingerprint density at radius 1 is 1.05 bits per heavy atom. The molecular formula is C18H17BrO3. The Bertz CT molecular complexity index is 648. The second kappa shape index (κ2) is 6.97. The summed E-state index contributed by atoms with van der Waals surface area (Å²) < 4.78 is 11.6. The van der Waals surface area contributed by atoms with Crippen LogP contribution in [-0.2, 0) is 0 Å². The zero-order valence-corrected chi connectivity index (χ0v) is 13.7. The Balaban J connectivity index is 1.64. The molecule has 0 radical (unpaired) electrons. The molecule has 0 aliphatic heterocycles. The van der Waals surface area contributed by atoms with Gasteiger partial charge in [0.25, 0.3) is 0 Å². The van der Waals surface area contributed by atoms with Crippen molar-refractivity contribution in [3.8, 4) is 17.2 Å². The first-order chi connectivity index (χ1) is 10.7. The third-order valence-electron chi connectivity index (χ3n) is 3.52. The standard InChI is InChI=1S/C18H17BrO3/c19-11-18(20)14-6-8-15(9-7-14)22-17-3-1-2-16(10-17)21-12-13-4-5-13/h1-3,6-10,13H,4-5,11-12H2. The topological polar surface area (TPSA) is 35.5 Å². The van der Waals surface area contributed by atoms with E-state index in [0.717, 1.165) is 24.0 Å². The largest absolute Gasteiger partial charge is 0.493 e. The van der Waals surface area contributed by atoms with Gasteiger partial charge in [0.2, 0.25) is 0 Å². The van der Waals surface area contributed by atoms with Crippen LogP contribution in [0.5, 0.6) is 17.2 Å². The van der Waals surface area contributed by atoms with E-state index in [-0.39, 0.29) is 5.78 Å². The number of carbonyl (C=O) groups excluding carboxylic acids is 1. The minimum absolute atomic E-state index is 0.0574. The molecule has 22 heavy (non-hydrogen) atoms. The summed E-state index contributed by atoms with van der Waals surface area (Å²) in [7, 11) is 0. The van der Waals surface area contributed by atoms with E-state index < -0.39 is 0 Å². The number of carbonyl (C=O) groups is 1. The van der Waals surface area contributed by atoms with E-state index in [2.05, 4.69) is 15.9 Å². The van der Waals surface area contributed by atoms with Crippen LogP contribution in [0.15, 0.2) is 48.5 Å². The summed E-state index contributed by atoms with van der Waals surface area (Å²) in [6.07, 6.45) is 2.55. The van der Waals surface area contributed by atoms with Gasteiger partial charge in [0.05, 0.1) is 11.9 Å². The Hall–Kier alpha value is -1.81. The molecule has 0 heterocycles. The molecule has 114 valence electrons. The molecule has 2 aromatic rings. The lowest BCUT2D eigenvalue weighted by Gasteiger charge is -2.09. The van der Waals surface area contributed by atoms with E-state index >= 15 is 0 Å². The number of hydrogen-bond acceptors (Lipinski definition) is 3. The highest BCUT2D eigenvalue weighted by molar-refractivity contribution is 9.09. The molecule has 0 atom stereocenters. The molecule has 0 bridgehead atoms. The first kappa shape index (κ1) is 15.1. The fourth-order valence-electron chi connectivity index (χ4n) is 2.05. The molecule has 2 aromatic carbocycles. The Labute approximate surface area is 138 Å². The maximum absolute atomic E-state index is 11.6. The summed E-state index contributed by atoms with van der Waals surface area (Å²) in [5.74, 6) is 3.04. The molecule has 0 N–H and O–H groups in total. The van der Waals surface area contributed by atoms with E-state index in [1.165, 1.54) is 12.8 Å². The van der Waals surface area contributed by atoms with Gasteiger partial charge in [-0.05, 0) is 55.2 Å². The Morgan fingerprint density at radius 2 is 1.77 bits per heavy atom. The van der Waals surface area contributed by atoms with Gasteiger partial charge < -0.3 is 9.47 Å². The predicted octanol–water partition coefficient (Wildman–Crippen LogP) is 4.85. The minimum Gasteiger partial charge on any atom is -0.493 e. The van der Waals surface area contributed by atoms with E-state index in [0.29, 0.717) is 16.6 Å². The summed E-state index contributed by atoms with van der Waals surface area (Å²) in [6, 6.07) is 14.8. The van der Waals surface area contributed by atoms with Crippen molar-refractivity contribution in [3.05, 3.63) is 54.1 Å². The molecule has 1 saturated carbocycles. The number of benzene rings is 2. The van der Waals surface area contributed by atoms with Crippen molar-refractivity contribution in [2.45, 2.75) is 12.8 Å². The van der Waals surface area contributed by atoms with Crippen molar-refractivity contribution < 1.29 is 14.3 Å². The quantitative estimate of drug-likeness (QED) is 0.523. The van der Waals surface area contributed by atoms with Gasteiger partial charge in [-0.1, -0.05) is 22.0 Å². The smallest absolute Gasteiger partial charge is 0.173 e. The van der Waals surface area contributed by atoms with E-state index in [4.69, 9.17) is 9.47 Å². The fourth-order valence-corrected chi connectivity index (χ4v) is 2.37. The van der Waals surface area contributed by atoms with Gasteiger partial charge in [-0.3, -0.25) is 4.79 Å².